The molecule has 1 unspecified atom stereocenters. The zero-order valence-corrected chi connectivity index (χ0v) is 13.8. The first-order chi connectivity index (χ1) is 12.5. The number of nitriles is 2. The van der Waals surface area contributed by atoms with E-state index in [-0.39, 0.29) is 34.4 Å². The Balaban J connectivity index is 2.25. The monoisotopic (exact) mass is 350 g/mol. The number of nitrogens with zero attached hydrogens (tertiary/aromatic N) is 4. The van der Waals surface area contributed by atoms with Gasteiger partial charge in [-0.05, 0) is 18.1 Å². The van der Waals surface area contributed by atoms with Crippen LogP contribution in [0.15, 0.2) is 23.2 Å². The lowest BCUT2D eigenvalue weighted by Gasteiger charge is -2.26. The number of guanidine groups is 1. The lowest BCUT2D eigenvalue weighted by atomic mass is 9.94. The van der Waals surface area contributed by atoms with Crippen molar-refractivity contribution >= 4 is 23.3 Å². The Morgan fingerprint density at radius 2 is 2.12 bits per heavy atom. The summed E-state index contributed by atoms with van der Waals surface area (Å²) in [7, 11) is 0. The fourth-order valence-electron chi connectivity index (χ4n) is 2.82. The van der Waals surface area contributed by atoms with Crippen LogP contribution in [0.2, 0.25) is 0 Å². The van der Waals surface area contributed by atoms with Crippen LogP contribution in [0, 0.1) is 28.6 Å². The second kappa shape index (κ2) is 6.57. The second-order valence-corrected chi connectivity index (χ2v) is 5.61. The predicted molar refractivity (Wildman–Crippen MR) is 95.2 cm³/mol. The molecule has 2 heterocycles. The number of nitrogens with two attached hydrogens (primary N) is 2. The van der Waals surface area contributed by atoms with Crippen LogP contribution in [0.25, 0.3) is 0 Å². The van der Waals surface area contributed by atoms with Gasteiger partial charge in [-0.3, -0.25) is 5.32 Å². The average molecular weight is 350 g/mol. The van der Waals surface area contributed by atoms with Crippen molar-refractivity contribution in [2.45, 2.75) is 19.4 Å². The molecule has 6 N–H and O–H groups in total. The largest absolute Gasteiger partial charge is 0.397 e. The van der Waals surface area contributed by atoms with Crippen LogP contribution in [-0.2, 0) is 6.42 Å². The maximum Gasteiger partial charge on any atom is 0.211 e. The van der Waals surface area contributed by atoms with E-state index in [1.807, 2.05) is 13.0 Å². The molecule has 0 aliphatic carbocycles. The number of nitrogens with one attached hydrogen (secondary N) is 2. The highest BCUT2D eigenvalue weighted by atomic mass is 19.1. The minimum absolute atomic E-state index is 0.00743. The Bertz CT molecular complexity index is 999. The number of pyridine rings is 1. The first-order valence-electron chi connectivity index (χ1n) is 7.77. The van der Waals surface area contributed by atoms with Crippen LogP contribution in [-0.4, -0.2) is 10.9 Å². The highest BCUT2D eigenvalue weighted by Gasteiger charge is 2.31. The lowest BCUT2D eigenvalue weighted by molar-refractivity contribution is 0.597. The molecular formula is C17H15FN8. The molecule has 2 aromatic rings. The molecule has 0 fully saturated rings. The Kier molecular flexibility index (Phi) is 4.29. The normalized spacial score (nSPS) is 15.1. The van der Waals surface area contributed by atoms with E-state index < -0.39 is 11.9 Å². The minimum atomic E-state index is -0.881. The van der Waals surface area contributed by atoms with Crippen molar-refractivity contribution < 1.29 is 4.39 Å². The summed E-state index contributed by atoms with van der Waals surface area (Å²) in [4.78, 5) is 8.46. The molecule has 0 radical (unpaired) electrons. The van der Waals surface area contributed by atoms with E-state index in [4.69, 9.17) is 16.7 Å². The van der Waals surface area contributed by atoms with Gasteiger partial charge in [-0.15, -0.1) is 0 Å². The van der Waals surface area contributed by atoms with Crippen LogP contribution in [0.4, 0.5) is 21.7 Å². The summed E-state index contributed by atoms with van der Waals surface area (Å²) < 4.78 is 14.7. The predicted octanol–water partition coefficient (Wildman–Crippen LogP) is 1.76. The average Bonchev–Trinajstić information content (AvgIpc) is 2.61. The Morgan fingerprint density at radius 1 is 1.35 bits per heavy atom. The van der Waals surface area contributed by atoms with Crippen molar-refractivity contribution in [1.29, 1.82) is 10.5 Å². The van der Waals surface area contributed by atoms with Gasteiger partial charge >= 0.3 is 0 Å². The smallest absolute Gasteiger partial charge is 0.211 e. The molecule has 9 heteroatoms. The van der Waals surface area contributed by atoms with Gasteiger partial charge in [0, 0.05) is 11.1 Å². The van der Waals surface area contributed by atoms with E-state index in [2.05, 4.69) is 20.6 Å². The zero-order chi connectivity index (χ0) is 18.8. The van der Waals surface area contributed by atoms with Crippen molar-refractivity contribution in [2.75, 3.05) is 16.8 Å². The standard InChI is InChI=1S/C17H15FN8/c1-2-8-3-4-9(11(18)5-8)14-12-13(21)10(6-19)15(22)25-16(12)26-17(24-14)23-7-20/h3-5,14H,2H2,1H3,(H6,21,22,23,24,25,26). The molecule has 0 saturated carbocycles. The van der Waals surface area contributed by atoms with Gasteiger partial charge in [-0.25, -0.2) is 14.4 Å². The minimum Gasteiger partial charge on any atom is -0.397 e. The molecule has 1 aromatic heterocycles. The molecule has 130 valence electrons. The maximum atomic E-state index is 14.7. The molecule has 3 rings (SSSR count). The lowest BCUT2D eigenvalue weighted by Crippen LogP contribution is -2.33. The Morgan fingerprint density at radius 3 is 2.73 bits per heavy atom. The number of fused-ring (bicyclic) bond motifs is 1. The maximum absolute atomic E-state index is 14.7. The number of benzene rings is 1. The van der Waals surface area contributed by atoms with Crippen molar-refractivity contribution in [3.63, 3.8) is 0 Å². The molecule has 0 saturated heterocycles. The van der Waals surface area contributed by atoms with Crippen LogP contribution in [0.5, 0.6) is 0 Å². The summed E-state index contributed by atoms with van der Waals surface area (Å²) in [5, 5.41) is 23.3. The van der Waals surface area contributed by atoms with E-state index in [1.54, 1.807) is 18.3 Å². The number of hydrogen-bond donors (Lipinski definition) is 4. The fraction of sp³-hybridized carbons (Fsp3) is 0.176. The number of aryl methyl sites for hydroxylation is 1. The second-order valence-electron chi connectivity index (χ2n) is 5.61. The molecule has 1 aliphatic rings. The molecule has 8 nitrogen and oxygen atoms in total. The van der Waals surface area contributed by atoms with E-state index in [9.17, 15) is 9.65 Å². The highest BCUT2D eigenvalue weighted by molar-refractivity contribution is 5.98. The van der Waals surface area contributed by atoms with Crippen LogP contribution < -0.4 is 22.1 Å². The summed E-state index contributed by atoms with van der Waals surface area (Å²) in [6, 6.07) is 5.86. The quantitative estimate of drug-likeness (QED) is 0.476. The van der Waals surface area contributed by atoms with E-state index >= 15 is 0 Å². The number of aromatic nitrogens is 1. The van der Waals surface area contributed by atoms with Crippen LogP contribution in [0.3, 0.4) is 0 Å². The van der Waals surface area contributed by atoms with Crippen molar-refractivity contribution in [3.05, 3.63) is 46.3 Å². The third-order valence-electron chi connectivity index (χ3n) is 4.13. The SMILES string of the molecule is CCc1ccc(C2N=C(NC#N)Nc3nc(N)c(C#N)c(N)c32)c(F)c1. The van der Waals surface area contributed by atoms with Gasteiger partial charge in [0.2, 0.25) is 5.96 Å². The molecule has 1 aliphatic heterocycles. The van der Waals surface area contributed by atoms with E-state index in [1.165, 1.54) is 6.07 Å². The van der Waals surface area contributed by atoms with Gasteiger partial charge in [0.05, 0.1) is 5.69 Å². The molecular weight excluding hydrogens is 335 g/mol. The third-order valence-corrected chi connectivity index (χ3v) is 4.13. The van der Waals surface area contributed by atoms with Gasteiger partial charge in [-0.1, -0.05) is 19.1 Å². The summed E-state index contributed by atoms with van der Waals surface area (Å²) in [6.45, 7) is 1.92. The van der Waals surface area contributed by atoms with E-state index in [0.29, 0.717) is 12.0 Å². The highest BCUT2D eigenvalue weighted by Crippen LogP contribution is 2.41. The van der Waals surface area contributed by atoms with Crippen LogP contribution in [0.1, 0.15) is 35.2 Å². The van der Waals surface area contributed by atoms with Gasteiger partial charge in [0.25, 0.3) is 0 Å². The first kappa shape index (κ1) is 17.0. The molecule has 0 spiro atoms. The number of nitrogen functional groups attached to an aromatic ring is 2. The third kappa shape index (κ3) is 2.72. The first-order valence-corrected chi connectivity index (χ1v) is 7.77. The molecule has 1 aromatic carbocycles. The van der Waals surface area contributed by atoms with Gasteiger partial charge < -0.3 is 16.8 Å². The summed E-state index contributed by atoms with van der Waals surface area (Å²) in [6.07, 6.45) is 2.43. The molecule has 0 amide bonds. The number of hydrogen-bond acceptors (Lipinski definition) is 8. The number of halogens is 1. The van der Waals surface area contributed by atoms with Crippen molar-refractivity contribution in [1.82, 2.24) is 10.3 Å². The topological polar surface area (TPSA) is 149 Å². The fourth-order valence-corrected chi connectivity index (χ4v) is 2.82. The van der Waals surface area contributed by atoms with Crippen molar-refractivity contribution in [2.24, 2.45) is 4.99 Å². The number of anilines is 3. The number of aliphatic imine (C=N–C) groups is 1. The van der Waals surface area contributed by atoms with Crippen LogP contribution >= 0.6 is 0 Å². The van der Waals surface area contributed by atoms with Gasteiger partial charge in [0.1, 0.15) is 35.1 Å². The van der Waals surface area contributed by atoms with E-state index in [0.717, 1.165) is 5.56 Å². The van der Waals surface area contributed by atoms with Gasteiger partial charge in [0.15, 0.2) is 6.19 Å². The zero-order valence-electron chi connectivity index (χ0n) is 13.8. The molecule has 0 bridgehead atoms. The number of rotatable bonds is 2. The Hall–Kier alpha value is -3.85. The molecule has 26 heavy (non-hydrogen) atoms. The summed E-state index contributed by atoms with van der Waals surface area (Å²) in [5.41, 5.74) is 13.4. The molecule has 1 atom stereocenters. The summed E-state index contributed by atoms with van der Waals surface area (Å²) >= 11 is 0. The summed E-state index contributed by atoms with van der Waals surface area (Å²) in [5.74, 6) is -0.220. The van der Waals surface area contributed by atoms with Crippen molar-refractivity contribution in [3.8, 4) is 12.3 Å². The Labute approximate surface area is 149 Å². The van der Waals surface area contributed by atoms with Gasteiger partial charge in [-0.2, -0.15) is 10.5 Å².